The van der Waals surface area contributed by atoms with Crippen molar-refractivity contribution in [2.24, 2.45) is 15.9 Å². The number of piperidine rings is 1. The van der Waals surface area contributed by atoms with Gasteiger partial charge in [-0.25, -0.2) is 13.5 Å². The summed E-state index contributed by atoms with van der Waals surface area (Å²) in [7, 11) is -4.33. The number of hydrogen-bond acceptors (Lipinski definition) is 6. The third-order valence-corrected chi connectivity index (χ3v) is 16.3. The molecule has 1 aliphatic heterocycles. The van der Waals surface area contributed by atoms with E-state index in [1.54, 1.807) is 0 Å². The van der Waals surface area contributed by atoms with Crippen molar-refractivity contribution < 1.29 is 4.21 Å². The zero-order valence-corrected chi connectivity index (χ0v) is 24.2. The van der Waals surface area contributed by atoms with E-state index in [0.29, 0.717) is 29.6 Å². The first-order valence-electron chi connectivity index (χ1n) is 12.7. The monoisotopic (exact) mass is 505 g/mol. The fourth-order valence-corrected chi connectivity index (χ4v) is 11.1. The predicted molar refractivity (Wildman–Crippen MR) is 143 cm³/mol. The van der Waals surface area contributed by atoms with Crippen LogP contribution in [-0.2, 0) is 16.3 Å². The molecule has 3 heterocycles. The first kappa shape index (κ1) is 25.6. The number of rotatable bonds is 7. The topological polar surface area (TPSA) is 87.8 Å². The van der Waals surface area contributed by atoms with Gasteiger partial charge in [-0.15, -0.1) is 5.10 Å². The van der Waals surface area contributed by atoms with Crippen LogP contribution in [0.15, 0.2) is 10.1 Å². The highest BCUT2D eigenvalue weighted by Gasteiger charge is 2.48. The molecule has 0 amide bonds. The van der Waals surface area contributed by atoms with Crippen LogP contribution in [0, 0.1) is 11.8 Å². The first-order chi connectivity index (χ1) is 15.7. The summed E-state index contributed by atoms with van der Waals surface area (Å²) in [6.45, 7) is 19.3. The minimum atomic E-state index is -2.35. The Labute approximate surface area is 206 Å². The lowest BCUT2D eigenvalue weighted by molar-refractivity contribution is 0.280. The van der Waals surface area contributed by atoms with Gasteiger partial charge in [-0.1, -0.05) is 41.5 Å². The summed E-state index contributed by atoms with van der Waals surface area (Å²) in [6, 6.07) is 2.48. The van der Waals surface area contributed by atoms with Crippen LogP contribution in [0.5, 0.6) is 0 Å². The van der Waals surface area contributed by atoms with E-state index in [1.807, 2.05) is 10.8 Å². The van der Waals surface area contributed by atoms with Gasteiger partial charge in [0.1, 0.15) is 5.82 Å². The molecule has 34 heavy (non-hydrogen) atoms. The minimum absolute atomic E-state index is 0.0978. The molecule has 1 saturated heterocycles. The summed E-state index contributed by atoms with van der Waals surface area (Å²) in [6.07, 6.45) is 4.85. The van der Waals surface area contributed by atoms with Gasteiger partial charge < -0.3 is 5.32 Å². The molecule has 1 unspecified atom stereocenters. The molecule has 2 fully saturated rings. The van der Waals surface area contributed by atoms with E-state index in [2.05, 4.69) is 80.4 Å². The maximum absolute atomic E-state index is 13.8. The van der Waals surface area contributed by atoms with Crippen LogP contribution in [0.2, 0.25) is 18.1 Å². The average molecular weight is 506 g/mol. The molecule has 1 N–H and O–H groups in total. The summed E-state index contributed by atoms with van der Waals surface area (Å²) in [5, 5.41) is 8.42. The fraction of sp³-hybridized carbons (Fsp3) is 0.792. The number of aromatic nitrogens is 4. The van der Waals surface area contributed by atoms with Gasteiger partial charge in [-0.3, -0.25) is 4.03 Å². The van der Waals surface area contributed by atoms with Crippen molar-refractivity contribution in [3.8, 4) is 0 Å². The Balaban J connectivity index is 1.48. The maximum atomic E-state index is 13.8. The molecule has 1 saturated carbocycles. The van der Waals surface area contributed by atoms with E-state index in [4.69, 9.17) is 9.01 Å². The normalized spacial score (nSPS) is 25.3. The number of aryl methyl sites for hydroxylation is 1. The van der Waals surface area contributed by atoms with Crippen LogP contribution >= 0.6 is 0 Å². The fourth-order valence-electron chi connectivity index (χ4n) is 5.03. The molecular formula is C24H43N7OSSi. The van der Waals surface area contributed by atoms with Crippen LogP contribution in [0.25, 0.3) is 5.78 Å². The van der Waals surface area contributed by atoms with Crippen molar-refractivity contribution in [3.63, 3.8) is 0 Å². The third-order valence-electron chi connectivity index (χ3n) is 8.14. The summed E-state index contributed by atoms with van der Waals surface area (Å²) in [5.74, 6) is 3.89. The van der Waals surface area contributed by atoms with E-state index in [1.165, 1.54) is 0 Å². The molecule has 0 radical (unpaired) electrons. The SMILES string of the molecule is CCc1nc2nc(C(C)C)cc(NC[C@@H]3C[C@@H]4C[C@H]3CN4S(C)(=O)=N[Si](C)(C)C(C)(C)C)n2n1. The molecule has 4 atom stereocenters. The summed E-state index contributed by atoms with van der Waals surface area (Å²) < 4.78 is 22.9. The second-order valence-electron chi connectivity index (χ2n) is 12.1. The van der Waals surface area contributed by atoms with Crippen molar-refractivity contribution >= 4 is 29.7 Å². The van der Waals surface area contributed by atoms with Crippen LogP contribution < -0.4 is 5.32 Å². The average Bonchev–Trinajstić information content (AvgIpc) is 3.43. The Morgan fingerprint density at radius 1 is 1.26 bits per heavy atom. The van der Waals surface area contributed by atoms with Crippen LogP contribution in [-0.4, -0.2) is 61.7 Å². The van der Waals surface area contributed by atoms with Gasteiger partial charge in [0.2, 0.25) is 0 Å². The Morgan fingerprint density at radius 3 is 2.53 bits per heavy atom. The Bertz CT molecular complexity index is 1180. The van der Waals surface area contributed by atoms with Crippen molar-refractivity contribution in [3.05, 3.63) is 17.6 Å². The Morgan fingerprint density at radius 2 is 1.97 bits per heavy atom. The van der Waals surface area contributed by atoms with Crippen LogP contribution in [0.3, 0.4) is 0 Å². The van der Waals surface area contributed by atoms with E-state index in [9.17, 15) is 4.21 Å². The zero-order valence-electron chi connectivity index (χ0n) is 22.4. The number of fused-ring (bicyclic) bond motifs is 3. The van der Waals surface area contributed by atoms with Gasteiger partial charge in [-0.2, -0.15) is 9.50 Å². The lowest BCUT2D eigenvalue weighted by Crippen LogP contribution is -2.44. The van der Waals surface area contributed by atoms with E-state index < -0.39 is 18.2 Å². The molecule has 8 nitrogen and oxygen atoms in total. The number of nitrogens with zero attached hydrogens (tertiary/aromatic N) is 6. The van der Waals surface area contributed by atoms with E-state index in [0.717, 1.165) is 49.7 Å². The van der Waals surface area contributed by atoms with Gasteiger partial charge in [0.25, 0.3) is 5.78 Å². The molecular weight excluding hydrogens is 462 g/mol. The molecule has 2 aromatic heterocycles. The largest absolute Gasteiger partial charge is 0.370 e. The zero-order chi connectivity index (χ0) is 25.1. The molecule has 190 valence electrons. The van der Waals surface area contributed by atoms with Crippen molar-refractivity contribution in [2.75, 3.05) is 24.7 Å². The first-order valence-corrected chi connectivity index (χ1v) is 17.5. The Kier molecular flexibility index (Phi) is 6.65. The highest BCUT2D eigenvalue weighted by molar-refractivity contribution is 7.91. The number of hydrogen-bond donors (Lipinski definition) is 1. The van der Waals surface area contributed by atoms with Gasteiger partial charge >= 0.3 is 0 Å². The molecule has 2 bridgehead atoms. The number of nitrogens with one attached hydrogen (secondary N) is 1. The standard InChI is InChI=1S/C24H43N7OSSi/c1-10-21-27-23-26-20(16(2)3)13-22(31(23)28-21)25-14-17-11-19-12-18(17)15-30(19)33(7,32)29-34(8,9)24(4,5)6/h13,16-19,25H,10-12,14-15H2,1-9H3/t17-,18-,19+,33?/m0/s1. The smallest absolute Gasteiger partial charge is 0.254 e. The Hall–Kier alpha value is -1.52. The number of anilines is 1. The van der Waals surface area contributed by atoms with Gasteiger partial charge in [0, 0.05) is 37.9 Å². The highest BCUT2D eigenvalue weighted by atomic mass is 32.2. The van der Waals surface area contributed by atoms with Crippen molar-refractivity contribution in [1.82, 2.24) is 23.9 Å². The molecule has 1 aliphatic carbocycles. The second-order valence-corrected chi connectivity index (χ2v) is 19.4. The summed E-state index contributed by atoms with van der Waals surface area (Å²) in [4.78, 5) is 9.30. The van der Waals surface area contributed by atoms with E-state index >= 15 is 0 Å². The summed E-state index contributed by atoms with van der Waals surface area (Å²) in [5.41, 5.74) is 1.03. The maximum Gasteiger partial charge on any atom is 0.254 e. The van der Waals surface area contributed by atoms with Gasteiger partial charge in [0.15, 0.2) is 14.1 Å². The summed E-state index contributed by atoms with van der Waals surface area (Å²) >= 11 is 0. The lowest BCUT2D eigenvalue weighted by Gasteiger charge is -2.37. The molecule has 2 aliphatic rings. The molecule has 2 aromatic rings. The van der Waals surface area contributed by atoms with Gasteiger partial charge in [-0.05, 0) is 48.7 Å². The van der Waals surface area contributed by atoms with Gasteiger partial charge in [0.05, 0.1) is 15.6 Å². The molecule has 0 spiro atoms. The highest BCUT2D eigenvalue weighted by Crippen LogP contribution is 2.45. The van der Waals surface area contributed by atoms with Crippen LogP contribution in [0.4, 0.5) is 5.82 Å². The molecule has 10 heteroatoms. The third kappa shape index (κ3) is 4.77. The predicted octanol–water partition coefficient (Wildman–Crippen LogP) is 4.95. The van der Waals surface area contributed by atoms with Crippen LogP contribution in [0.1, 0.15) is 71.8 Å². The lowest BCUT2D eigenvalue weighted by atomic mass is 9.95. The molecule has 0 aromatic carbocycles. The second kappa shape index (κ2) is 8.85. The quantitative estimate of drug-likeness (QED) is 0.538. The minimum Gasteiger partial charge on any atom is -0.370 e. The van der Waals surface area contributed by atoms with Crippen molar-refractivity contribution in [2.45, 2.75) is 90.9 Å². The van der Waals surface area contributed by atoms with Crippen molar-refractivity contribution in [1.29, 1.82) is 0 Å². The molecule has 4 rings (SSSR count). The van der Waals surface area contributed by atoms with E-state index in [-0.39, 0.29) is 5.04 Å².